The second-order valence-corrected chi connectivity index (χ2v) is 6.79. The standard InChI is InChI=1S/C11H10Br2N2OS/c1-2-3-6-4-9(16)15-11(14-6)8-5-7(12)10(13)17-8/h4-5H,2-3H2,1H3,(H,14,15,16). The maximum atomic E-state index is 11.5. The third-order valence-corrected chi connectivity index (χ3v) is 5.44. The van der Waals surface area contributed by atoms with E-state index in [2.05, 4.69) is 48.8 Å². The highest BCUT2D eigenvalue weighted by Crippen LogP contribution is 2.36. The van der Waals surface area contributed by atoms with Gasteiger partial charge >= 0.3 is 0 Å². The summed E-state index contributed by atoms with van der Waals surface area (Å²) in [5.41, 5.74) is 0.742. The summed E-state index contributed by atoms with van der Waals surface area (Å²) in [7, 11) is 0. The van der Waals surface area contributed by atoms with E-state index in [-0.39, 0.29) is 5.56 Å². The first-order chi connectivity index (χ1) is 8.10. The van der Waals surface area contributed by atoms with Crippen molar-refractivity contribution >= 4 is 43.2 Å². The van der Waals surface area contributed by atoms with Crippen molar-refractivity contribution in [2.75, 3.05) is 0 Å². The largest absolute Gasteiger partial charge is 0.306 e. The van der Waals surface area contributed by atoms with E-state index in [1.165, 1.54) is 0 Å². The Labute approximate surface area is 120 Å². The van der Waals surface area contributed by atoms with Crippen molar-refractivity contribution in [3.8, 4) is 10.7 Å². The first-order valence-corrected chi connectivity index (χ1v) is 7.56. The highest BCUT2D eigenvalue weighted by Gasteiger charge is 2.09. The normalized spacial score (nSPS) is 10.8. The van der Waals surface area contributed by atoms with Crippen LogP contribution in [0.4, 0.5) is 0 Å². The number of nitrogens with one attached hydrogen (secondary N) is 1. The lowest BCUT2D eigenvalue weighted by Gasteiger charge is -2.00. The van der Waals surface area contributed by atoms with Crippen molar-refractivity contribution in [3.63, 3.8) is 0 Å². The SMILES string of the molecule is CCCc1cc(=O)[nH]c(-c2cc(Br)c(Br)s2)n1. The average Bonchev–Trinajstić information content (AvgIpc) is 2.59. The monoisotopic (exact) mass is 376 g/mol. The molecule has 0 amide bonds. The summed E-state index contributed by atoms with van der Waals surface area (Å²) < 4.78 is 1.97. The van der Waals surface area contributed by atoms with Gasteiger partial charge in [-0.05, 0) is 44.3 Å². The van der Waals surface area contributed by atoms with Gasteiger partial charge in [0.2, 0.25) is 0 Å². The van der Waals surface area contributed by atoms with Crippen LogP contribution in [0.2, 0.25) is 0 Å². The molecule has 17 heavy (non-hydrogen) atoms. The second-order valence-electron chi connectivity index (χ2n) is 3.57. The molecule has 2 aromatic rings. The van der Waals surface area contributed by atoms with Crippen LogP contribution in [0.5, 0.6) is 0 Å². The lowest BCUT2D eigenvalue weighted by atomic mass is 10.2. The Morgan fingerprint density at radius 2 is 2.18 bits per heavy atom. The molecule has 0 saturated carbocycles. The van der Waals surface area contributed by atoms with Crippen molar-refractivity contribution in [2.45, 2.75) is 19.8 Å². The molecule has 3 nitrogen and oxygen atoms in total. The van der Waals surface area contributed by atoms with Crippen molar-refractivity contribution in [2.24, 2.45) is 0 Å². The first kappa shape index (κ1) is 13.0. The third kappa shape index (κ3) is 3.05. The van der Waals surface area contributed by atoms with E-state index in [1.807, 2.05) is 6.07 Å². The van der Waals surface area contributed by atoms with Gasteiger partial charge in [-0.2, -0.15) is 0 Å². The van der Waals surface area contributed by atoms with Gasteiger partial charge in [0.15, 0.2) is 5.82 Å². The molecule has 0 fully saturated rings. The Morgan fingerprint density at radius 1 is 1.41 bits per heavy atom. The number of thiophene rings is 1. The minimum Gasteiger partial charge on any atom is -0.306 e. The molecular weight excluding hydrogens is 368 g/mol. The number of halogens is 2. The second kappa shape index (κ2) is 5.46. The Hall–Kier alpha value is -0.460. The van der Waals surface area contributed by atoms with Crippen molar-refractivity contribution in [1.82, 2.24) is 9.97 Å². The topological polar surface area (TPSA) is 45.8 Å². The molecule has 0 saturated heterocycles. The summed E-state index contributed by atoms with van der Waals surface area (Å²) in [6.07, 6.45) is 1.80. The van der Waals surface area contributed by atoms with Crippen LogP contribution in [0.25, 0.3) is 10.7 Å². The molecule has 0 unspecified atom stereocenters. The molecule has 0 aliphatic rings. The summed E-state index contributed by atoms with van der Waals surface area (Å²) in [6, 6.07) is 3.51. The van der Waals surface area contributed by atoms with Gasteiger partial charge in [0.25, 0.3) is 5.56 Å². The highest BCUT2D eigenvalue weighted by atomic mass is 79.9. The van der Waals surface area contributed by atoms with Gasteiger partial charge in [0.1, 0.15) is 0 Å². The fourth-order valence-corrected chi connectivity index (χ4v) is 3.45. The molecule has 0 aliphatic heterocycles. The fourth-order valence-electron chi connectivity index (χ4n) is 1.47. The number of aromatic amines is 1. The summed E-state index contributed by atoms with van der Waals surface area (Å²) in [5, 5.41) is 0. The predicted octanol–water partition coefficient (Wildman–Crippen LogP) is 3.98. The van der Waals surface area contributed by atoms with Crippen molar-refractivity contribution < 1.29 is 0 Å². The summed E-state index contributed by atoms with van der Waals surface area (Å²) in [5.74, 6) is 0.636. The van der Waals surface area contributed by atoms with Crippen LogP contribution < -0.4 is 5.56 Å². The highest BCUT2D eigenvalue weighted by molar-refractivity contribution is 9.13. The zero-order valence-corrected chi connectivity index (χ0v) is 13.1. The van der Waals surface area contributed by atoms with Gasteiger partial charge in [-0.3, -0.25) is 4.79 Å². The molecular formula is C11H10Br2N2OS. The first-order valence-electron chi connectivity index (χ1n) is 5.15. The van der Waals surface area contributed by atoms with Crippen LogP contribution in [0.1, 0.15) is 19.0 Å². The van der Waals surface area contributed by atoms with E-state index in [1.54, 1.807) is 17.4 Å². The number of rotatable bonds is 3. The van der Waals surface area contributed by atoms with Crippen LogP contribution in [-0.2, 0) is 6.42 Å². The Morgan fingerprint density at radius 3 is 2.76 bits per heavy atom. The van der Waals surface area contributed by atoms with E-state index >= 15 is 0 Å². The lowest BCUT2D eigenvalue weighted by Crippen LogP contribution is -2.09. The number of nitrogens with zero attached hydrogens (tertiary/aromatic N) is 1. The maximum Gasteiger partial charge on any atom is 0.251 e. The number of aryl methyl sites for hydroxylation is 1. The molecule has 2 heterocycles. The number of aromatic nitrogens is 2. The van der Waals surface area contributed by atoms with Crippen LogP contribution in [0, 0.1) is 0 Å². The van der Waals surface area contributed by atoms with Crippen LogP contribution in [-0.4, -0.2) is 9.97 Å². The van der Waals surface area contributed by atoms with Gasteiger partial charge in [-0.1, -0.05) is 13.3 Å². The van der Waals surface area contributed by atoms with Crippen LogP contribution in [0.15, 0.2) is 25.2 Å². The molecule has 0 aromatic carbocycles. The summed E-state index contributed by atoms with van der Waals surface area (Å²) in [4.78, 5) is 19.7. The number of hydrogen-bond acceptors (Lipinski definition) is 3. The minimum absolute atomic E-state index is 0.0981. The molecule has 0 bridgehead atoms. The van der Waals surface area contributed by atoms with Gasteiger partial charge in [0, 0.05) is 16.2 Å². The minimum atomic E-state index is -0.0981. The van der Waals surface area contributed by atoms with Gasteiger partial charge < -0.3 is 4.98 Å². The third-order valence-electron chi connectivity index (χ3n) is 2.18. The lowest BCUT2D eigenvalue weighted by molar-refractivity contribution is 0.870. The van der Waals surface area contributed by atoms with E-state index in [4.69, 9.17) is 0 Å². The molecule has 0 aliphatic carbocycles. The molecule has 0 atom stereocenters. The van der Waals surface area contributed by atoms with Gasteiger partial charge in [-0.25, -0.2) is 4.98 Å². The zero-order chi connectivity index (χ0) is 12.4. The Kier molecular flexibility index (Phi) is 4.17. The molecule has 0 radical (unpaired) electrons. The summed E-state index contributed by atoms with van der Waals surface area (Å²) in [6.45, 7) is 2.07. The molecule has 1 N–H and O–H groups in total. The molecule has 2 aromatic heterocycles. The van der Waals surface area contributed by atoms with E-state index in [0.29, 0.717) is 5.82 Å². The van der Waals surface area contributed by atoms with Gasteiger partial charge in [0.05, 0.1) is 8.66 Å². The zero-order valence-electron chi connectivity index (χ0n) is 9.09. The van der Waals surface area contributed by atoms with E-state index in [0.717, 1.165) is 31.7 Å². The van der Waals surface area contributed by atoms with Crippen molar-refractivity contribution in [3.05, 3.63) is 36.4 Å². The van der Waals surface area contributed by atoms with E-state index < -0.39 is 0 Å². The maximum absolute atomic E-state index is 11.5. The molecule has 90 valence electrons. The quantitative estimate of drug-likeness (QED) is 0.879. The predicted molar refractivity (Wildman–Crippen MR) is 77.6 cm³/mol. The van der Waals surface area contributed by atoms with E-state index in [9.17, 15) is 4.79 Å². The molecule has 2 rings (SSSR count). The molecule has 6 heteroatoms. The smallest absolute Gasteiger partial charge is 0.251 e. The van der Waals surface area contributed by atoms with Gasteiger partial charge in [-0.15, -0.1) is 11.3 Å². The van der Waals surface area contributed by atoms with Crippen LogP contribution >= 0.6 is 43.2 Å². The van der Waals surface area contributed by atoms with Crippen molar-refractivity contribution in [1.29, 1.82) is 0 Å². The van der Waals surface area contributed by atoms with Crippen LogP contribution in [0.3, 0.4) is 0 Å². The number of hydrogen-bond donors (Lipinski definition) is 1. The Balaban J connectivity index is 2.47. The molecule has 0 spiro atoms. The average molecular weight is 378 g/mol. The number of H-pyrrole nitrogens is 1. The Bertz CT molecular complexity index is 572. The summed E-state index contributed by atoms with van der Waals surface area (Å²) >= 11 is 8.40. The fraction of sp³-hybridized carbons (Fsp3) is 0.273.